The van der Waals surface area contributed by atoms with Gasteiger partial charge in [0.2, 0.25) is 11.8 Å². The molecule has 2 aromatic carbocycles. The quantitative estimate of drug-likeness (QED) is 0.778. The standard InChI is InChI=1S/C15H12N2O2/c16-14(18)13(10-6-2-1-3-7-10)15-17-11-8-4-5-9-12(11)19-15/h1-9,13H,(H2,16,18). The van der Waals surface area contributed by atoms with Gasteiger partial charge in [0, 0.05) is 0 Å². The van der Waals surface area contributed by atoms with Gasteiger partial charge in [-0.3, -0.25) is 4.79 Å². The first-order valence-electron chi connectivity index (χ1n) is 5.95. The second kappa shape index (κ2) is 4.57. The van der Waals surface area contributed by atoms with Crippen molar-refractivity contribution >= 4 is 17.0 Å². The smallest absolute Gasteiger partial charge is 0.234 e. The Morgan fingerprint density at radius 3 is 2.42 bits per heavy atom. The number of benzene rings is 2. The summed E-state index contributed by atoms with van der Waals surface area (Å²) in [5.74, 6) is -0.800. The monoisotopic (exact) mass is 252 g/mol. The van der Waals surface area contributed by atoms with E-state index in [1.165, 1.54) is 0 Å². The normalized spacial score (nSPS) is 12.4. The van der Waals surface area contributed by atoms with Gasteiger partial charge in [0.1, 0.15) is 11.4 Å². The molecule has 0 saturated heterocycles. The summed E-state index contributed by atoms with van der Waals surface area (Å²) in [5.41, 5.74) is 7.64. The molecule has 94 valence electrons. The molecule has 3 rings (SSSR count). The van der Waals surface area contributed by atoms with Crippen molar-refractivity contribution in [2.24, 2.45) is 5.73 Å². The van der Waals surface area contributed by atoms with E-state index < -0.39 is 11.8 Å². The summed E-state index contributed by atoms with van der Waals surface area (Å²) >= 11 is 0. The third kappa shape index (κ3) is 2.08. The molecule has 4 heteroatoms. The first kappa shape index (κ1) is 11.5. The Labute approximate surface area is 109 Å². The zero-order valence-electron chi connectivity index (χ0n) is 10.1. The molecule has 0 aliphatic heterocycles. The van der Waals surface area contributed by atoms with E-state index in [0.29, 0.717) is 11.5 Å². The van der Waals surface area contributed by atoms with Crippen molar-refractivity contribution in [3.63, 3.8) is 0 Å². The van der Waals surface area contributed by atoms with Crippen molar-refractivity contribution in [1.29, 1.82) is 0 Å². The maximum Gasteiger partial charge on any atom is 0.234 e. The minimum Gasteiger partial charge on any atom is -0.439 e. The summed E-state index contributed by atoms with van der Waals surface area (Å²) in [4.78, 5) is 16.0. The molecular formula is C15H12N2O2. The van der Waals surface area contributed by atoms with Crippen molar-refractivity contribution in [3.8, 4) is 0 Å². The Bertz CT molecular complexity index is 686. The number of primary amides is 1. The highest BCUT2D eigenvalue weighted by atomic mass is 16.3. The highest BCUT2D eigenvalue weighted by Gasteiger charge is 2.25. The summed E-state index contributed by atoms with van der Waals surface area (Å²) < 4.78 is 5.63. The van der Waals surface area contributed by atoms with E-state index in [9.17, 15) is 4.79 Å². The second-order valence-electron chi connectivity index (χ2n) is 4.27. The van der Waals surface area contributed by atoms with Gasteiger partial charge in [-0.1, -0.05) is 42.5 Å². The molecule has 1 aromatic heterocycles. The van der Waals surface area contributed by atoms with Crippen LogP contribution in [0.3, 0.4) is 0 Å². The molecule has 1 atom stereocenters. The number of hydrogen-bond donors (Lipinski definition) is 1. The van der Waals surface area contributed by atoms with E-state index in [1.807, 2.05) is 54.6 Å². The fourth-order valence-electron chi connectivity index (χ4n) is 2.09. The fraction of sp³-hybridized carbons (Fsp3) is 0.0667. The second-order valence-corrected chi connectivity index (χ2v) is 4.27. The number of amides is 1. The number of aromatic nitrogens is 1. The van der Waals surface area contributed by atoms with Gasteiger partial charge >= 0.3 is 0 Å². The molecule has 4 nitrogen and oxygen atoms in total. The number of rotatable bonds is 3. The predicted octanol–water partition coefficient (Wildman–Crippen LogP) is 2.45. The molecule has 3 aromatic rings. The third-order valence-electron chi connectivity index (χ3n) is 2.97. The topological polar surface area (TPSA) is 69.1 Å². The van der Waals surface area contributed by atoms with E-state index in [4.69, 9.17) is 10.2 Å². The van der Waals surface area contributed by atoms with Crippen LogP contribution in [0.25, 0.3) is 11.1 Å². The van der Waals surface area contributed by atoms with Gasteiger partial charge in [-0.05, 0) is 17.7 Å². The number of carbonyl (C=O) groups is 1. The average molecular weight is 252 g/mol. The lowest BCUT2D eigenvalue weighted by Gasteiger charge is -2.09. The van der Waals surface area contributed by atoms with Crippen LogP contribution in [-0.4, -0.2) is 10.9 Å². The number of carbonyl (C=O) groups excluding carboxylic acids is 1. The Kier molecular flexibility index (Phi) is 2.76. The highest BCUT2D eigenvalue weighted by Crippen LogP contribution is 2.26. The van der Waals surface area contributed by atoms with E-state index in [2.05, 4.69) is 4.98 Å². The van der Waals surface area contributed by atoms with Crippen molar-refractivity contribution in [1.82, 2.24) is 4.98 Å². The van der Waals surface area contributed by atoms with Crippen LogP contribution in [-0.2, 0) is 4.79 Å². The predicted molar refractivity (Wildman–Crippen MR) is 71.5 cm³/mol. The summed E-state index contributed by atoms with van der Waals surface area (Å²) in [5, 5.41) is 0. The van der Waals surface area contributed by atoms with E-state index in [1.54, 1.807) is 0 Å². The first-order chi connectivity index (χ1) is 9.25. The van der Waals surface area contributed by atoms with E-state index >= 15 is 0 Å². The number of fused-ring (bicyclic) bond motifs is 1. The summed E-state index contributed by atoms with van der Waals surface area (Å²) in [7, 11) is 0. The molecule has 1 amide bonds. The van der Waals surface area contributed by atoms with Crippen molar-refractivity contribution in [2.75, 3.05) is 0 Å². The van der Waals surface area contributed by atoms with E-state index in [-0.39, 0.29) is 0 Å². The lowest BCUT2D eigenvalue weighted by atomic mass is 9.98. The highest BCUT2D eigenvalue weighted by molar-refractivity contribution is 5.85. The first-order valence-corrected chi connectivity index (χ1v) is 5.95. The summed E-state index contributed by atoms with van der Waals surface area (Å²) in [6, 6.07) is 16.7. The van der Waals surface area contributed by atoms with Crippen LogP contribution < -0.4 is 5.73 Å². The Hall–Kier alpha value is -2.62. The lowest BCUT2D eigenvalue weighted by Crippen LogP contribution is -2.22. The zero-order chi connectivity index (χ0) is 13.2. The van der Waals surface area contributed by atoms with Gasteiger partial charge in [0.05, 0.1) is 0 Å². The summed E-state index contributed by atoms with van der Waals surface area (Å²) in [6.45, 7) is 0. The van der Waals surface area contributed by atoms with E-state index in [0.717, 1.165) is 11.1 Å². The van der Waals surface area contributed by atoms with Crippen LogP contribution in [0.1, 0.15) is 17.4 Å². The SMILES string of the molecule is NC(=O)C(c1ccccc1)c1nc2ccccc2o1. The van der Waals surface area contributed by atoms with Crippen LogP contribution in [0, 0.1) is 0 Å². The number of nitrogens with zero attached hydrogens (tertiary/aromatic N) is 1. The molecule has 1 unspecified atom stereocenters. The van der Waals surface area contributed by atoms with Crippen molar-refractivity contribution in [3.05, 3.63) is 66.1 Å². The molecule has 1 heterocycles. The fourth-order valence-corrected chi connectivity index (χ4v) is 2.09. The molecular weight excluding hydrogens is 240 g/mol. The molecule has 0 aliphatic carbocycles. The number of para-hydroxylation sites is 2. The molecule has 0 spiro atoms. The molecule has 0 saturated carbocycles. The molecule has 19 heavy (non-hydrogen) atoms. The Balaban J connectivity index is 2.12. The molecule has 0 fully saturated rings. The minimum absolute atomic E-state index is 0.333. The molecule has 2 N–H and O–H groups in total. The number of oxazole rings is 1. The Morgan fingerprint density at radius 2 is 1.74 bits per heavy atom. The van der Waals surface area contributed by atoms with Gasteiger partial charge in [0.15, 0.2) is 5.58 Å². The molecule has 0 bridgehead atoms. The van der Waals surface area contributed by atoms with Gasteiger partial charge in [-0.2, -0.15) is 0 Å². The van der Waals surface area contributed by atoms with Crippen LogP contribution in [0.5, 0.6) is 0 Å². The largest absolute Gasteiger partial charge is 0.439 e. The minimum atomic E-state index is -0.659. The maximum absolute atomic E-state index is 11.7. The van der Waals surface area contributed by atoms with Gasteiger partial charge in [-0.25, -0.2) is 4.98 Å². The number of nitrogens with two attached hydrogens (primary N) is 1. The maximum atomic E-state index is 11.7. The van der Waals surface area contributed by atoms with Crippen LogP contribution in [0.15, 0.2) is 59.0 Å². The van der Waals surface area contributed by atoms with Crippen LogP contribution in [0.2, 0.25) is 0 Å². The average Bonchev–Trinajstić information content (AvgIpc) is 2.82. The van der Waals surface area contributed by atoms with Gasteiger partial charge in [-0.15, -0.1) is 0 Å². The zero-order valence-corrected chi connectivity index (χ0v) is 10.1. The molecule has 0 radical (unpaired) electrons. The van der Waals surface area contributed by atoms with Crippen molar-refractivity contribution < 1.29 is 9.21 Å². The van der Waals surface area contributed by atoms with Crippen LogP contribution in [0.4, 0.5) is 0 Å². The number of hydrogen-bond acceptors (Lipinski definition) is 3. The van der Waals surface area contributed by atoms with Crippen LogP contribution >= 0.6 is 0 Å². The lowest BCUT2D eigenvalue weighted by molar-refractivity contribution is -0.118. The van der Waals surface area contributed by atoms with Gasteiger partial charge < -0.3 is 10.2 Å². The third-order valence-corrected chi connectivity index (χ3v) is 2.97. The van der Waals surface area contributed by atoms with Gasteiger partial charge in [0.25, 0.3) is 0 Å². The molecule has 0 aliphatic rings. The van der Waals surface area contributed by atoms with Crippen molar-refractivity contribution in [2.45, 2.75) is 5.92 Å². The Morgan fingerprint density at radius 1 is 1.05 bits per heavy atom. The summed E-state index contributed by atoms with van der Waals surface area (Å²) in [6.07, 6.45) is 0.